The minimum atomic E-state index is -4.62. The van der Waals surface area contributed by atoms with Crippen LogP contribution < -0.4 is 4.90 Å². The van der Waals surface area contributed by atoms with Crippen LogP contribution in [0.1, 0.15) is 82.3 Å². The molecule has 0 radical (unpaired) electrons. The number of carbonyl (C=O) groups is 1. The predicted molar refractivity (Wildman–Crippen MR) is 158 cm³/mol. The lowest BCUT2D eigenvalue weighted by molar-refractivity contribution is -0.149. The second kappa shape index (κ2) is 13.7. The van der Waals surface area contributed by atoms with Crippen LogP contribution in [0, 0.1) is 17.8 Å². The number of ether oxygens (including phenoxy) is 1. The van der Waals surface area contributed by atoms with Crippen molar-refractivity contribution >= 4 is 11.9 Å². The van der Waals surface area contributed by atoms with Crippen LogP contribution in [0.4, 0.5) is 23.6 Å². The summed E-state index contributed by atoms with van der Waals surface area (Å²) in [5, 5.41) is 11.0. The molecule has 45 heavy (non-hydrogen) atoms. The van der Waals surface area contributed by atoms with Crippen molar-refractivity contribution in [3.8, 4) is 0 Å². The highest BCUT2D eigenvalue weighted by Gasteiger charge is 2.44. The number of fused-ring (bicyclic) bond motifs is 1. The molecular weight excluding hydrogens is 594 g/mol. The molecule has 5 rings (SSSR count). The maximum absolute atomic E-state index is 13.2. The molecule has 2 aromatic rings. The van der Waals surface area contributed by atoms with Gasteiger partial charge in [0.15, 0.2) is 11.6 Å². The van der Waals surface area contributed by atoms with Gasteiger partial charge in [-0.3, -0.25) is 4.79 Å². The van der Waals surface area contributed by atoms with Gasteiger partial charge in [0.25, 0.3) is 0 Å². The van der Waals surface area contributed by atoms with E-state index in [1.807, 2.05) is 13.8 Å². The monoisotopic (exact) mass is 635 g/mol. The predicted octanol–water partition coefficient (Wildman–Crippen LogP) is 6.02. The number of alkyl halides is 4. The molecule has 14 heteroatoms. The molecule has 1 saturated carbocycles. The van der Waals surface area contributed by atoms with Gasteiger partial charge in [0.2, 0.25) is 11.7 Å². The third-order valence-electron chi connectivity index (χ3n) is 8.87. The quantitative estimate of drug-likeness (QED) is 0.159. The Morgan fingerprint density at radius 2 is 1.96 bits per heavy atom. The Morgan fingerprint density at radius 1 is 1.20 bits per heavy atom. The minimum Gasteiger partial charge on any atom is -0.494 e. The van der Waals surface area contributed by atoms with Crippen molar-refractivity contribution in [3.05, 3.63) is 53.6 Å². The SMILES string of the molecule is C=C(/C=C\C(=C/CF)OCC[C@@H]1C[C@@H]1C1CCN(c2nc(C(C)C)no2)CC1)CC(=O)N1Cc2nnc(C(F)(F)F)n2C(C)C1. The Hall–Kier alpha value is -3.71. The second-order valence-electron chi connectivity index (χ2n) is 12.6. The first kappa shape index (κ1) is 32.7. The van der Waals surface area contributed by atoms with Crippen LogP contribution in [0.2, 0.25) is 0 Å². The van der Waals surface area contributed by atoms with E-state index < -0.39 is 24.7 Å². The second-order valence-corrected chi connectivity index (χ2v) is 12.6. The zero-order valence-electron chi connectivity index (χ0n) is 26.0. The normalized spacial score (nSPS) is 22.8. The van der Waals surface area contributed by atoms with Gasteiger partial charge in [0.05, 0.1) is 25.6 Å². The van der Waals surface area contributed by atoms with E-state index in [-0.39, 0.29) is 37.2 Å². The Bertz CT molecular complexity index is 1410. The van der Waals surface area contributed by atoms with Crippen LogP contribution in [0.25, 0.3) is 0 Å². The molecule has 0 aromatic carbocycles. The molecule has 1 saturated heterocycles. The molecule has 246 valence electrons. The first-order valence-electron chi connectivity index (χ1n) is 15.6. The summed E-state index contributed by atoms with van der Waals surface area (Å²) in [6, 6.07) is -0.0196. The van der Waals surface area contributed by atoms with Gasteiger partial charge in [0, 0.05) is 25.6 Å². The van der Waals surface area contributed by atoms with E-state index in [2.05, 4.69) is 31.8 Å². The van der Waals surface area contributed by atoms with Crippen molar-refractivity contribution in [1.29, 1.82) is 0 Å². The molecule has 1 unspecified atom stereocenters. The molecule has 10 nitrogen and oxygen atoms in total. The first-order valence-corrected chi connectivity index (χ1v) is 15.6. The average molecular weight is 636 g/mol. The highest BCUT2D eigenvalue weighted by molar-refractivity contribution is 5.79. The van der Waals surface area contributed by atoms with Gasteiger partial charge in [-0.15, -0.1) is 10.2 Å². The number of nitrogens with zero attached hydrogens (tertiary/aromatic N) is 7. The highest BCUT2D eigenvalue weighted by Crippen LogP contribution is 2.50. The van der Waals surface area contributed by atoms with Crippen molar-refractivity contribution in [2.45, 2.75) is 77.6 Å². The Morgan fingerprint density at radius 3 is 2.62 bits per heavy atom. The van der Waals surface area contributed by atoms with E-state index in [9.17, 15) is 22.4 Å². The van der Waals surface area contributed by atoms with Crippen molar-refractivity contribution in [2.24, 2.45) is 17.8 Å². The van der Waals surface area contributed by atoms with E-state index in [1.165, 1.54) is 17.4 Å². The van der Waals surface area contributed by atoms with Gasteiger partial charge < -0.3 is 23.6 Å². The molecule has 2 aliphatic heterocycles. The smallest absolute Gasteiger partial charge is 0.451 e. The summed E-state index contributed by atoms with van der Waals surface area (Å²) in [5.74, 6) is 1.99. The van der Waals surface area contributed by atoms with Gasteiger partial charge >= 0.3 is 12.2 Å². The molecule has 3 atom stereocenters. The molecule has 2 aromatic heterocycles. The topological polar surface area (TPSA) is 102 Å². The van der Waals surface area contributed by atoms with Crippen LogP contribution in [-0.4, -0.2) is 68.6 Å². The average Bonchev–Trinajstić information content (AvgIpc) is 3.36. The maximum atomic E-state index is 13.2. The number of allylic oxidation sites excluding steroid dienone is 3. The third kappa shape index (κ3) is 7.93. The summed E-state index contributed by atoms with van der Waals surface area (Å²) in [5.41, 5.74) is 0.471. The zero-order valence-corrected chi connectivity index (χ0v) is 26.0. The van der Waals surface area contributed by atoms with Gasteiger partial charge in [-0.05, 0) is 68.1 Å². The van der Waals surface area contributed by atoms with Crippen LogP contribution in [0.15, 0.2) is 40.7 Å². The molecular formula is C31H41F4N7O3. The molecule has 4 heterocycles. The molecule has 1 amide bonds. The molecule has 0 bridgehead atoms. The Kier molecular flexibility index (Phi) is 9.97. The summed E-state index contributed by atoms with van der Waals surface area (Å²) < 4.78 is 65.3. The fourth-order valence-electron chi connectivity index (χ4n) is 6.35. The Balaban J connectivity index is 1.03. The number of rotatable bonds is 12. The maximum Gasteiger partial charge on any atom is 0.451 e. The van der Waals surface area contributed by atoms with Crippen LogP contribution >= 0.6 is 0 Å². The standard InChI is InChI=1S/C31H41F4N7O3/c1-19(2)28-36-30(45-39-28)40-12-8-22(9-13-40)25-16-23(25)10-14-44-24(7-11-32)6-5-20(3)15-27(43)41-17-21(4)42-26(18-41)37-38-29(42)31(33,34)35/h5-7,19,21-23,25H,3,8-18H2,1-2,4H3/b6-5-,24-7+/t21?,23-,25-/m1/s1. The largest absolute Gasteiger partial charge is 0.494 e. The lowest BCUT2D eigenvalue weighted by Crippen LogP contribution is -2.41. The fraction of sp³-hybridized carbons (Fsp3) is 0.645. The number of hydrogen-bond acceptors (Lipinski definition) is 8. The lowest BCUT2D eigenvalue weighted by atomic mass is 9.90. The molecule has 0 N–H and O–H groups in total. The highest BCUT2D eigenvalue weighted by atomic mass is 19.4. The molecule has 1 aliphatic carbocycles. The van der Waals surface area contributed by atoms with Crippen LogP contribution in [0.3, 0.4) is 0 Å². The van der Waals surface area contributed by atoms with Gasteiger partial charge in [0.1, 0.15) is 12.4 Å². The van der Waals surface area contributed by atoms with Crippen molar-refractivity contribution in [2.75, 3.05) is 37.8 Å². The Labute approximate surface area is 260 Å². The summed E-state index contributed by atoms with van der Waals surface area (Å²) >= 11 is 0. The lowest BCUT2D eigenvalue weighted by Gasteiger charge is -2.32. The van der Waals surface area contributed by atoms with E-state index in [0.717, 1.165) is 42.7 Å². The number of halogens is 4. The van der Waals surface area contributed by atoms with E-state index in [0.29, 0.717) is 41.7 Å². The molecule has 3 aliphatic rings. The summed E-state index contributed by atoms with van der Waals surface area (Å²) in [4.78, 5) is 21.0. The summed E-state index contributed by atoms with van der Waals surface area (Å²) in [6.07, 6.45) is 4.12. The van der Waals surface area contributed by atoms with E-state index in [1.54, 1.807) is 19.1 Å². The van der Waals surface area contributed by atoms with Crippen molar-refractivity contribution in [1.82, 2.24) is 29.8 Å². The first-order chi connectivity index (χ1) is 21.4. The number of hydrogen-bond donors (Lipinski definition) is 0. The fourth-order valence-corrected chi connectivity index (χ4v) is 6.35. The van der Waals surface area contributed by atoms with Crippen LogP contribution in [0.5, 0.6) is 0 Å². The number of piperidine rings is 1. The van der Waals surface area contributed by atoms with Gasteiger partial charge in [-0.2, -0.15) is 18.2 Å². The summed E-state index contributed by atoms with van der Waals surface area (Å²) in [6.45, 7) is 11.2. The molecule has 2 fully saturated rings. The summed E-state index contributed by atoms with van der Waals surface area (Å²) in [7, 11) is 0. The number of amides is 1. The zero-order chi connectivity index (χ0) is 32.3. The van der Waals surface area contributed by atoms with E-state index >= 15 is 0 Å². The van der Waals surface area contributed by atoms with Crippen LogP contribution in [-0.2, 0) is 22.3 Å². The van der Waals surface area contributed by atoms with Crippen molar-refractivity contribution < 1.29 is 31.6 Å². The number of carbonyl (C=O) groups excluding carboxylic acids is 1. The van der Waals surface area contributed by atoms with E-state index in [4.69, 9.17) is 9.26 Å². The van der Waals surface area contributed by atoms with Gasteiger partial charge in [-0.25, -0.2) is 4.39 Å². The number of anilines is 1. The number of aromatic nitrogens is 5. The van der Waals surface area contributed by atoms with Gasteiger partial charge in [-0.1, -0.05) is 31.7 Å². The van der Waals surface area contributed by atoms with Crippen molar-refractivity contribution in [3.63, 3.8) is 0 Å². The third-order valence-corrected chi connectivity index (χ3v) is 8.87. The minimum absolute atomic E-state index is 0.0413. The molecule has 0 spiro atoms.